The average Bonchev–Trinajstić information content (AvgIpc) is 3.17. The van der Waals surface area contributed by atoms with E-state index in [2.05, 4.69) is 4.98 Å². The minimum atomic E-state index is -0.483. The number of pyridine rings is 1. The number of likely N-dealkylation sites (tertiary alicyclic amines) is 1. The third-order valence-corrected chi connectivity index (χ3v) is 4.94. The predicted octanol–water partition coefficient (Wildman–Crippen LogP) is 3.01. The number of hydrogen-bond donors (Lipinski definition) is 0. The van der Waals surface area contributed by atoms with Crippen molar-refractivity contribution in [2.75, 3.05) is 20.7 Å². The summed E-state index contributed by atoms with van der Waals surface area (Å²) < 4.78 is 5.29. The van der Waals surface area contributed by atoms with Crippen molar-refractivity contribution in [3.8, 4) is 5.75 Å². The summed E-state index contributed by atoms with van der Waals surface area (Å²) in [5.41, 5.74) is 1.32. The van der Waals surface area contributed by atoms with E-state index in [0.717, 1.165) is 12.0 Å². The first-order valence-electron chi connectivity index (χ1n) is 8.79. The van der Waals surface area contributed by atoms with E-state index in [1.165, 1.54) is 7.11 Å². The highest BCUT2D eigenvalue weighted by Gasteiger charge is 2.37. The number of methoxy groups -OCH3 is 1. The van der Waals surface area contributed by atoms with Crippen molar-refractivity contribution >= 4 is 23.4 Å². The summed E-state index contributed by atoms with van der Waals surface area (Å²) in [6.07, 6.45) is 4.86. The van der Waals surface area contributed by atoms with Gasteiger partial charge in [0.15, 0.2) is 0 Å². The van der Waals surface area contributed by atoms with Gasteiger partial charge in [-0.2, -0.15) is 0 Å². The Kier molecular flexibility index (Phi) is 5.96. The first-order valence-corrected chi connectivity index (χ1v) is 9.17. The minimum Gasteiger partial charge on any atom is -0.496 e. The number of aromatic nitrogens is 1. The molecule has 0 spiro atoms. The standard InChI is InChI=1S/C20H22ClN3O3/c1-23(13-14-5-3-9-22-12-14)20(26)17-6-4-10-24(17)19(25)16-11-15(21)7-8-18(16)27-2/h3,5,7-9,11-12,17H,4,6,10,13H2,1-2H3. The first-order chi connectivity index (χ1) is 13.0. The molecule has 2 heterocycles. The Hall–Kier alpha value is -2.60. The van der Waals surface area contributed by atoms with Crippen molar-refractivity contribution < 1.29 is 14.3 Å². The number of nitrogens with zero attached hydrogens (tertiary/aromatic N) is 3. The number of rotatable bonds is 5. The molecule has 3 rings (SSSR count). The van der Waals surface area contributed by atoms with Gasteiger partial charge in [0.25, 0.3) is 5.91 Å². The SMILES string of the molecule is COc1ccc(Cl)cc1C(=O)N1CCCC1C(=O)N(C)Cc1cccnc1. The smallest absolute Gasteiger partial charge is 0.258 e. The summed E-state index contributed by atoms with van der Waals surface area (Å²) in [6, 6.07) is 8.20. The molecule has 1 saturated heterocycles. The Balaban J connectivity index is 1.77. The van der Waals surface area contributed by atoms with Crippen molar-refractivity contribution in [2.24, 2.45) is 0 Å². The van der Waals surface area contributed by atoms with Gasteiger partial charge in [-0.1, -0.05) is 17.7 Å². The van der Waals surface area contributed by atoms with Gasteiger partial charge in [-0.15, -0.1) is 0 Å². The maximum atomic E-state index is 13.1. The van der Waals surface area contributed by atoms with E-state index < -0.39 is 6.04 Å². The van der Waals surface area contributed by atoms with Crippen LogP contribution in [0.25, 0.3) is 0 Å². The van der Waals surface area contributed by atoms with Crippen LogP contribution in [0.15, 0.2) is 42.7 Å². The third-order valence-electron chi connectivity index (χ3n) is 4.71. The molecule has 2 amide bonds. The van der Waals surface area contributed by atoms with Gasteiger partial charge in [-0.25, -0.2) is 0 Å². The quantitative estimate of drug-likeness (QED) is 0.791. The zero-order chi connectivity index (χ0) is 19.4. The summed E-state index contributed by atoms with van der Waals surface area (Å²) in [5, 5.41) is 0.454. The Labute approximate surface area is 163 Å². The number of benzene rings is 1. The van der Waals surface area contributed by atoms with Crippen LogP contribution in [0.1, 0.15) is 28.8 Å². The fraction of sp³-hybridized carbons (Fsp3) is 0.350. The Morgan fingerprint density at radius 2 is 2.19 bits per heavy atom. The lowest BCUT2D eigenvalue weighted by Gasteiger charge is -2.28. The van der Waals surface area contributed by atoms with Crippen molar-refractivity contribution in [3.05, 3.63) is 58.9 Å². The number of hydrogen-bond acceptors (Lipinski definition) is 4. The van der Waals surface area contributed by atoms with Gasteiger partial charge in [0.2, 0.25) is 5.91 Å². The average molecular weight is 388 g/mol. The molecule has 1 aromatic carbocycles. The van der Waals surface area contributed by atoms with E-state index in [0.29, 0.717) is 35.8 Å². The van der Waals surface area contributed by atoms with Crippen LogP contribution < -0.4 is 4.74 Å². The van der Waals surface area contributed by atoms with Crippen LogP contribution in [0, 0.1) is 0 Å². The van der Waals surface area contributed by atoms with Crippen molar-refractivity contribution in [3.63, 3.8) is 0 Å². The zero-order valence-electron chi connectivity index (χ0n) is 15.4. The fourth-order valence-corrected chi connectivity index (χ4v) is 3.54. The Bertz CT molecular complexity index is 828. The molecule has 1 atom stereocenters. The van der Waals surface area contributed by atoms with Crippen molar-refractivity contribution in [2.45, 2.75) is 25.4 Å². The lowest BCUT2D eigenvalue weighted by atomic mass is 10.1. The van der Waals surface area contributed by atoms with Crippen LogP contribution in [0.3, 0.4) is 0 Å². The van der Waals surface area contributed by atoms with Gasteiger partial charge < -0.3 is 14.5 Å². The fourth-order valence-electron chi connectivity index (χ4n) is 3.37. The van der Waals surface area contributed by atoms with E-state index in [-0.39, 0.29) is 11.8 Å². The highest BCUT2D eigenvalue weighted by molar-refractivity contribution is 6.31. The molecule has 27 heavy (non-hydrogen) atoms. The van der Waals surface area contributed by atoms with Crippen molar-refractivity contribution in [1.29, 1.82) is 0 Å². The first kappa shape index (κ1) is 19.2. The number of amides is 2. The summed E-state index contributed by atoms with van der Waals surface area (Å²) in [6.45, 7) is 0.983. The number of carbonyl (C=O) groups excluding carboxylic acids is 2. The molecule has 2 aromatic rings. The molecule has 0 bridgehead atoms. The second-order valence-corrected chi connectivity index (χ2v) is 6.99. The van der Waals surface area contributed by atoms with Crippen molar-refractivity contribution in [1.82, 2.24) is 14.8 Å². The molecule has 0 N–H and O–H groups in total. The molecule has 1 aliphatic rings. The molecular formula is C20H22ClN3O3. The molecule has 1 unspecified atom stereocenters. The number of likely N-dealkylation sites (N-methyl/N-ethyl adjacent to an activating group) is 1. The van der Waals surface area contributed by atoms with Crippen LogP contribution >= 0.6 is 11.6 Å². The Morgan fingerprint density at radius 1 is 1.37 bits per heavy atom. The van der Waals surface area contributed by atoms with Crippen LogP contribution in [0.4, 0.5) is 0 Å². The van der Waals surface area contributed by atoms with Crippen LogP contribution in [-0.4, -0.2) is 53.3 Å². The van der Waals surface area contributed by atoms with Gasteiger partial charge in [-0.05, 0) is 42.7 Å². The summed E-state index contributed by atoms with van der Waals surface area (Å²) >= 11 is 6.06. The summed E-state index contributed by atoms with van der Waals surface area (Å²) in [7, 11) is 3.25. The summed E-state index contributed by atoms with van der Waals surface area (Å²) in [4.78, 5) is 33.4. The zero-order valence-corrected chi connectivity index (χ0v) is 16.1. The second-order valence-electron chi connectivity index (χ2n) is 6.56. The van der Waals surface area contributed by atoms with Gasteiger partial charge in [0.05, 0.1) is 12.7 Å². The minimum absolute atomic E-state index is 0.0781. The number of ether oxygens (including phenoxy) is 1. The molecule has 0 aliphatic carbocycles. The van der Waals surface area contributed by atoms with Gasteiger partial charge in [-0.3, -0.25) is 14.6 Å². The monoisotopic (exact) mass is 387 g/mol. The lowest BCUT2D eigenvalue weighted by Crippen LogP contribution is -2.46. The van der Waals surface area contributed by atoms with Crippen LogP contribution in [0.2, 0.25) is 5.02 Å². The third kappa shape index (κ3) is 4.22. The van der Waals surface area contributed by atoms with Gasteiger partial charge in [0, 0.05) is 37.6 Å². The van der Waals surface area contributed by atoms with E-state index in [1.54, 1.807) is 47.4 Å². The summed E-state index contributed by atoms with van der Waals surface area (Å²) in [5.74, 6) is 0.136. The topological polar surface area (TPSA) is 62.7 Å². The maximum Gasteiger partial charge on any atom is 0.258 e. The van der Waals surface area contributed by atoms with E-state index in [9.17, 15) is 9.59 Å². The largest absolute Gasteiger partial charge is 0.496 e. The van der Waals surface area contributed by atoms with Crippen LogP contribution in [0.5, 0.6) is 5.75 Å². The van der Waals surface area contributed by atoms with Gasteiger partial charge in [0.1, 0.15) is 11.8 Å². The Morgan fingerprint density at radius 3 is 2.89 bits per heavy atom. The molecule has 0 radical (unpaired) electrons. The number of carbonyl (C=O) groups is 2. The lowest BCUT2D eigenvalue weighted by molar-refractivity contribution is -0.134. The predicted molar refractivity (Wildman–Crippen MR) is 103 cm³/mol. The second kappa shape index (κ2) is 8.39. The van der Waals surface area contributed by atoms with E-state index in [4.69, 9.17) is 16.3 Å². The van der Waals surface area contributed by atoms with Gasteiger partial charge >= 0.3 is 0 Å². The maximum absolute atomic E-state index is 13.1. The molecule has 1 aliphatic heterocycles. The molecule has 1 fully saturated rings. The molecule has 7 heteroatoms. The molecular weight excluding hydrogens is 366 g/mol. The molecule has 0 saturated carbocycles. The molecule has 6 nitrogen and oxygen atoms in total. The molecule has 142 valence electrons. The highest BCUT2D eigenvalue weighted by atomic mass is 35.5. The normalized spacial score (nSPS) is 16.3. The molecule has 1 aromatic heterocycles. The van der Waals surface area contributed by atoms with E-state index >= 15 is 0 Å². The highest BCUT2D eigenvalue weighted by Crippen LogP contribution is 2.28. The van der Waals surface area contributed by atoms with E-state index in [1.807, 2.05) is 12.1 Å². The van der Waals surface area contributed by atoms with Crippen LogP contribution in [-0.2, 0) is 11.3 Å². The number of halogens is 1.